The number of halogens is 2. The Kier molecular flexibility index (Phi) is 5.92. The molecule has 1 aromatic carbocycles. The normalized spacial score (nSPS) is 10.3. The Bertz CT molecular complexity index is 765. The van der Waals surface area contributed by atoms with Crippen LogP contribution in [0.4, 0.5) is 5.69 Å². The smallest absolute Gasteiger partial charge is 0.259 e. The highest BCUT2D eigenvalue weighted by Gasteiger charge is 2.04. The van der Waals surface area contributed by atoms with Crippen molar-refractivity contribution in [3.8, 4) is 6.07 Å². The van der Waals surface area contributed by atoms with E-state index < -0.39 is 0 Å². The van der Waals surface area contributed by atoms with Gasteiger partial charge >= 0.3 is 0 Å². The van der Waals surface area contributed by atoms with Crippen LogP contribution in [0.25, 0.3) is 0 Å². The van der Waals surface area contributed by atoms with Crippen LogP contribution in [0.15, 0.2) is 41.8 Å². The average molecular weight is 348 g/mol. The number of carbonyl (C=O) groups excluding carboxylic acids is 1. The molecule has 1 heterocycles. The van der Waals surface area contributed by atoms with E-state index in [1.807, 2.05) is 6.07 Å². The van der Waals surface area contributed by atoms with E-state index in [0.29, 0.717) is 26.9 Å². The quantitative estimate of drug-likeness (QED) is 0.642. The number of hydrogen-bond donors (Lipinski definition) is 2. The molecule has 6 nitrogen and oxygen atoms in total. The molecule has 23 heavy (non-hydrogen) atoms. The Morgan fingerprint density at radius 1 is 1.35 bits per heavy atom. The van der Waals surface area contributed by atoms with Gasteiger partial charge in [0, 0.05) is 23.6 Å². The van der Waals surface area contributed by atoms with Crippen molar-refractivity contribution in [3.63, 3.8) is 0 Å². The summed E-state index contributed by atoms with van der Waals surface area (Å²) in [5.74, 6) is -0.357. The van der Waals surface area contributed by atoms with Gasteiger partial charge in [-0.05, 0) is 18.2 Å². The minimum atomic E-state index is -0.357. The molecule has 0 saturated heterocycles. The first-order valence-electron chi connectivity index (χ1n) is 6.45. The number of benzene rings is 1. The van der Waals surface area contributed by atoms with Crippen LogP contribution in [0.3, 0.4) is 0 Å². The van der Waals surface area contributed by atoms with Crippen molar-refractivity contribution >= 4 is 41.0 Å². The monoisotopic (exact) mass is 347 g/mol. The molecule has 0 spiro atoms. The van der Waals surface area contributed by atoms with E-state index in [1.54, 1.807) is 24.3 Å². The van der Waals surface area contributed by atoms with E-state index in [1.165, 1.54) is 18.6 Å². The first-order valence-corrected chi connectivity index (χ1v) is 7.20. The Morgan fingerprint density at radius 2 is 2.09 bits per heavy atom. The van der Waals surface area contributed by atoms with Crippen molar-refractivity contribution in [2.24, 2.45) is 5.10 Å². The van der Waals surface area contributed by atoms with Crippen molar-refractivity contribution in [2.75, 3.05) is 11.9 Å². The van der Waals surface area contributed by atoms with Crippen LogP contribution >= 0.6 is 23.2 Å². The topological polar surface area (TPSA) is 90.2 Å². The predicted molar refractivity (Wildman–Crippen MR) is 89.6 cm³/mol. The molecule has 0 aliphatic rings. The molecule has 0 radical (unpaired) electrons. The van der Waals surface area contributed by atoms with E-state index in [-0.39, 0.29) is 12.5 Å². The summed E-state index contributed by atoms with van der Waals surface area (Å²) in [7, 11) is 0. The number of carbonyl (C=O) groups is 1. The molecule has 0 aliphatic carbocycles. The highest BCUT2D eigenvalue weighted by Crippen LogP contribution is 2.20. The zero-order valence-corrected chi connectivity index (χ0v) is 13.3. The molecule has 0 aliphatic heterocycles. The molecule has 0 bridgehead atoms. The maximum atomic E-state index is 11.7. The maximum Gasteiger partial charge on any atom is 0.259 e. The average Bonchev–Trinajstić information content (AvgIpc) is 2.56. The van der Waals surface area contributed by atoms with Crippen molar-refractivity contribution in [2.45, 2.75) is 0 Å². The summed E-state index contributed by atoms with van der Waals surface area (Å²) in [6, 6.07) is 8.83. The second kappa shape index (κ2) is 8.13. The summed E-state index contributed by atoms with van der Waals surface area (Å²) >= 11 is 11.9. The van der Waals surface area contributed by atoms with Crippen molar-refractivity contribution in [3.05, 3.63) is 57.8 Å². The van der Waals surface area contributed by atoms with Crippen LogP contribution in [-0.2, 0) is 4.79 Å². The minimum absolute atomic E-state index is 0.00400. The van der Waals surface area contributed by atoms with Gasteiger partial charge in [0.1, 0.15) is 0 Å². The number of pyridine rings is 1. The van der Waals surface area contributed by atoms with Gasteiger partial charge in [0.15, 0.2) is 0 Å². The Hall–Kier alpha value is -2.62. The lowest BCUT2D eigenvalue weighted by molar-refractivity contribution is -0.119. The van der Waals surface area contributed by atoms with Gasteiger partial charge in [0.2, 0.25) is 0 Å². The Labute approximate surface area is 142 Å². The van der Waals surface area contributed by atoms with Gasteiger partial charge in [0.25, 0.3) is 5.91 Å². The molecule has 2 N–H and O–H groups in total. The number of amides is 1. The van der Waals surface area contributed by atoms with Gasteiger partial charge in [-0.3, -0.25) is 9.78 Å². The van der Waals surface area contributed by atoms with Crippen LogP contribution in [-0.4, -0.2) is 23.7 Å². The lowest BCUT2D eigenvalue weighted by Crippen LogP contribution is -2.25. The standard InChI is InChI=1S/C15H11Cl2N5O/c16-13-7-19-8-14(17)12(13)6-21-22-15(23)9-20-11-3-1-2-10(4-11)5-18/h1-4,6-8,20H,9H2,(H,22,23)/b21-6+. The zero-order valence-electron chi connectivity index (χ0n) is 11.8. The van der Waals surface area contributed by atoms with Gasteiger partial charge in [-0.15, -0.1) is 0 Å². The highest BCUT2D eigenvalue weighted by atomic mass is 35.5. The van der Waals surface area contributed by atoms with Crippen molar-refractivity contribution in [1.29, 1.82) is 5.26 Å². The molecule has 0 fully saturated rings. The first-order chi connectivity index (χ1) is 11.1. The largest absolute Gasteiger partial charge is 0.376 e. The van der Waals surface area contributed by atoms with Crippen LogP contribution in [0, 0.1) is 11.3 Å². The zero-order chi connectivity index (χ0) is 16.7. The summed E-state index contributed by atoms with van der Waals surface area (Å²) < 4.78 is 0. The van der Waals surface area contributed by atoms with Gasteiger partial charge < -0.3 is 5.32 Å². The summed E-state index contributed by atoms with van der Waals surface area (Å²) in [6.45, 7) is 0.00400. The van der Waals surface area contributed by atoms with E-state index in [2.05, 4.69) is 20.8 Å². The van der Waals surface area contributed by atoms with Gasteiger partial charge in [0.05, 0.1) is 34.4 Å². The number of anilines is 1. The summed E-state index contributed by atoms with van der Waals surface area (Å²) in [5, 5.41) is 16.2. The Morgan fingerprint density at radius 3 is 2.78 bits per heavy atom. The summed E-state index contributed by atoms with van der Waals surface area (Å²) in [4.78, 5) is 15.5. The fourth-order valence-electron chi connectivity index (χ4n) is 1.63. The van der Waals surface area contributed by atoms with Crippen molar-refractivity contribution < 1.29 is 4.79 Å². The summed E-state index contributed by atoms with van der Waals surface area (Å²) in [6.07, 6.45) is 4.21. The number of nitrogens with zero attached hydrogens (tertiary/aromatic N) is 3. The molecule has 0 atom stereocenters. The lowest BCUT2D eigenvalue weighted by Gasteiger charge is -2.05. The summed E-state index contributed by atoms with van der Waals surface area (Å²) in [5.41, 5.74) is 4.00. The number of aromatic nitrogens is 1. The van der Waals surface area contributed by atoms with E-state index in [9.17, 15) is 4.79 Å². The third-order valence-corrected chi connectivity index (χ3v) is 3.32. The van der Waals surface area contributed by atoms with E-state index in [4.69, 9.17) is 28.5 Å². The number of hydrogen-bond acceptors (Lipinski definition) is 5. The molecular weight excluding hydrogens is 337 g/mol. The van der Waals surface area contributed by atoms with Gasteiger partial charge in [-0.25, -0.2) is 5.43 Å². The minimum Gasteiger partial charge on any atom is -0.376 e. The second-order valence-electron chi connectivity index (χ2n) is 4.36. The molecular formula is C15H11Cl2N5O. The fraction of sp³-hybridized carbons (Fsp3) is 0.0667. The first kappa shape index (κ1) is 16.7. The molecule has 8 heteroatoms. The second-order valence-corrected chi connectivity index (χ2v) is 5.17. The third kappa shape index (κ3) is 4.95. The molecule has 116 valence electrons. The van der Waals surface area contributed by atoms with Crippen LogP contribution < -0.4 is 10.7 Å². The van der Waals surface area contributed by atoms with Crippen molar-refractivity contribution in [1.82, 2.24) is 10.4 Å². The number of hydrazone groups is 1. The molecule has 1 aromatic heterocycles. The van der Waals surface area contributed by atoms with Crippen LogP contribution in [0.5, 0.6) is 0 Å². The lowest BCUT2D eigenvalue weighted by atomic mass is 10.2. The molecule has 0 unspecified atom stereocenters. The van der Waals surface area contributed by atoms with Crippen LogP contribution in [0.2, 0.25) is 10.0 Å². The maximum absolute atomic E-state index is 11.7. The number of rotatable bonds is 5. The molecule has 2 aromatic rings. The third-order valence-electron chi connectivity index (χ3n) is 2.72. The fourth-order valence-corrected chi connectivity index (χ4v) is 2.10. The number of nitrogens with one attached hydrogen (secondary N) is 2. The van der Waals surface area contributed by atoms with E-state index >= 15 is 0 Å². The molecule has 2 rings (SSSR count). The van der Waals surface area contributed by atoms with Gasteiger partial charge in [-0.1, -0.05) is 29.3 Å². The molecule has 0 saturated carbocycles. The Balaban J connectivity index is 1.88. The van der Waals surface area contributed by atoms with Gasteiger partial charge in [-0.2, -0.15) is 10.4 Å². The molecule has 1 amide bonds. The van der Waals surface area contributed by atoms with Crippen LogP contribution in [0.1, 0.15) is 11.1 Å². The number of nitriles is 1. The predicted octanol–water partition coefficient (Wildman–Crippen LogP) is 2.82. The van der Waals surface area contributed by atoms with E-state index in [0.717, 1.165) is 0 Å². The SMILES string of the molecule is N#Cc1cccc(NCC(=O)N/N=C/c2c(Cl)cncc2Cl)c1. The highest BCUT2D eigenvalue weighted by molar-refractivity contribution is 6.38.